The van der Waals surface area contributed by atoms with Crippen LogP contribution in [-0.4, -0.2) is 48.1 Å². The zero-order chi connectivity index (χ0) is 15.1. The first-order chi connectivity index (χ1) is 9.40. The number of benzene rings is 1. The number of nitrogens with one attached hydrogen (secondary N) is 1. The van der Waals surface area contributed by atoms with Crippen molar-refractivity contribution in [2.75, 3.05) is 25.9 Å². The van der Waals surface area contributed by atoms with Gasteiger partial charge in [-0.3, -0.25) is 9.59 Å². The Morgan fingerprint density at radius 2 is 1.95 bits per heavy atom. The molecule has 1 rings (SSSR count). The molecule has 0 bridgehead atoms. The number of nitrogen functional groups attached to an aromatic ring is 1. The summed E-state index contributed by atoms with van der Waals surface area (Å²) in [5.74, 6) is -0.517. The zero-order valence-electron chi connectivity index (χ0n) is 11.8. The van der Waals surface area contributed by atoms with Gasteiger partial charge in [0.2, 0.25) is 5.91 Å². The molecule has 0 saturated carbocycles. The van der Waals surface area contributed by atoms with Crippen LogP contribution in [0, 0.1) is 0 Å². The van der Waals surface area contributed by atoms with E-state index in [0.29, 0.717) is 24.2 Å². The van der Waals surface area contributed by atoms with Crippen molar-refractivity contribution in [1.82, 2.24) is 10.2 Å². The number of nitrogens with zero attached hydrogens (tertiary/aromatic N) is 1. The number of rotatable bonds is 6. The molecule has 1 aromatic carbocycles. The molecule has 0 spiro atoms. The van der Waals surface area contributed by atoms with Crippen LogP contribution >= 0.6 is 0 Å². The number of carbonyl (C=O) groups is 2. The number of nitrogens with two attached hydrogens (primary N) is 1. The minimum Gasteiger partial charge on any atom is -0.399 e. The summed E-state index contributed by atoms with van der Waals surface area (Å²) in [6.07, 6.45) is 0.0587. The predicted octanol–water partition coefficient (Wildman–Crippen LogP) is 0.228. The second-order valence-corrected chi connectivity index (χ2v) is 4.76. The summed E-state index contributed by atoms with van der Waals surface area (Å²) in [5, 5.41) is 11.7. The highest BCUT2D eigenvalue weighted by Gasteiger charge is 2.12. The summed E-state index contributed by atoms with van der Waals surface area (Å²) in [7, 11) is 1.64. The van der Waals surface area contributed by atoms with Crippen molar-refractivity contribution in [2.45, 2.75) is 19.4 Å². The SMILES string of the molecule is CC(O)CCN(C)C(=O)CNC(=O)c1ccc(N)cc1. The van der Waals surface area contributed by atoms with Gasteiger partial charge in [-0.1, -0.05) is 0 Å². The van der Waals surface area contributed by atoms with Crippen molar-refractivity contribution in [3.8, 4) is 0 Å². The van der Waals surface area contributed by atoms with E-state index in [9.17, 15) is 9.59 Å². The summed E-state index contributed by atoms with van der Waals surface area (Å²) in [6, 6.07) is 6.47. The second kappa shape index (κ2) is 7.49. The molecule has 0 saturated heterocycles. The van der Waals surface area contributed by atoms with Gasteiger partial charge in [0.1, 0.15) is 0 Å². The molecule has 0 aliphatic heterocycles. The maximum atomic E-state index is 11.8. The van der Waals surface area contributed by atoms with E-state index in [1.165, 1.54) is 4.90 Å². The molecule has 1 unspecified atom stereocenters. The van der Waals surface area contributed by atoms with Crippen molar-refractivity contribution in [1.29, 1.82) is 0 Å². The number of aliphatic hydroxyl groups is 1. The van der Waals surface area contributed by atoms with Crippen molar-refractivity contribution in [3.63, 3.8) is 0 Å². The molecule has 0 aliphatic rings. The van der Waals surface area contributed by atoms with Crippen LogP contribution in [0.5, 0.6) is 0 Å². The Morgan fingerprint density at radius 3 is 2.50 bits per heavy atom. The highest BCUT2D eigenvalue weighted by Crippen LogP contribution is 2.05. The second-order valence-electron chi connectivity index (χ2n) is 4.76. The molecule has 110 valence electrons. The van der Waals surface area contributed by atoms with Gasteiger partial charge in [-0.25, -0.2) is 0 Å². The van der Waals surface area contributed by atoms with Gasteiger partial charge in [0.25, 0.3) is 5.91 Å². The molecular formula is C14H21N3O3. The van der Waals surface area contributed by atoms with Crippen LogP contribution < -0.4 is 11.1 Å². The minimum atomic E-state index is -0.449. The number of likely N-dealkylation sites (N-methyl/N-ethyl adjacent to an activating group) is 1. The number of hydrogen-bond donors (Lipinski definition) is 3. The van der Waals surface area contributed by atoms with Gasteiger partial charge in [-0.2, -0.15) is 0 Å². The predicted molar refractivity (Wildman–Crippen MR) is 77.1 cm³/mol. The van der Waals surface area contributed by atoms with Crippen LogP contribution in [0.3, 0.4) is 0 Å². The van der Waals surface area contributed by atoms with Crippen LogP contribution in [0.2, 0.25) is 0 Å². The van der Waals surface area contributed by atoms with E-state index in [0.717, 1.165) is 0 Å². The Balaban J connectivity index is 2.40. The van der Waals surface area contributed by atoms with E-state index in [1.54, 1.807) is 38.2 Å². The minimum absolute atomic E-state index is 0.0699. The van der Waals surface area contributed by atoms with Gasteiger partial charge in [0.05, 0.1) is 12.6 Å². The average Bonchev–Trinajstić information content (AvgIpc) is 2.42. The van der Waals surface area contributed by atoms with E-state index >= 15 is 0 Å². The third-order valence-electron chi connectivity index (χ3n) is 2.88. The van der Waals surface area contributed by atoms with E-state index in [1.807, 2.05) is 0 Å². The molecule has 2 amide bonds. The van der Waals surface area contributed by atoms with Gasteiger partial charge in [0.15, 0.2) is 0 Å². The van der Waals surface area contributed by atoms with Crippen LogP contribution in [0.1, 0.15) is 23.7 Å². The average molecular weight is 279 g/mol. The van der Waals surface area contributed by atoms with E-state index in [-0.39, 0.29) is 18.4 Å². The van der Waals surface area contributed by atoms with Crippen molar-refractivity contribution in [2.24, 2.45) is 0 Å². The topological polar surface area (TPSA) is 95.7 Å². The summed E-state index contributed by atoms with van der Waals surface area (Å²) in [6.45, 7) is 2.05. The summed E-state index contributed by atoms with van der Waals surface area (Å²) in [5.41, 5.74) is 6.57. The summed E-state index contributed by atoms with van der Waals surface area (Å²) < 4.78 is 0. The Bertz CT molecular complexity index is 457. The summed E-state index contributed by atoms with van der Waals surface area (Å²) >= 11 is 0. The molecule has 6 heteroatoms. The number of aliphatic hydroxyl groups excluding tert-OH is 1. The lowest BCUT2D eigenvalue weighted by Crippen LogP contribution is -2.39. The monoisotopic (exact) mass is 279 g/mol. The first kappa shape index (κ1) is 16.0. The summed E-state index contributed by atoms with van der Waals surface area (Å²) in [4.78, 5) is 25.0. The van der Waals surface area contributed by atoms with Gasteiger partial charge in [-0.05, 0) is 37.6 Å². The third-order valence-corrected chi connectivity index (χ3v) is 2.88. The van der Waals surface area contributed by atoms with Gasteiger partial charge in [-0.15, -0.1) is 0 Å². The number of anilines is 1. The fourth-order valence-electron chi connectivity index (χ4n) is 1.53. The normalized spacial score (nSPS) is 11.8. The Morgan fingerprint density at radius 1 is 1.35 bits per heavy atom. The fraction of sp³-hybridized carbons (Fsp3) is 0.429. The lowest BCUT2D eigenvalue weighted by atomic mass is 10.2. The number of hydrogen-bond acceptors (Lipinski definition) is 4. The van der Waals surface area contributed by atoms with Crippen molar-refractivity contribution >= 4 is 17.5 Å². The quantitative estimate of drug-likeness (QED) is 0.649. The largest absolute Gasteiger partial charge is 0.399 e. The van der Waals surface area contributed by atoms with E-state index < -0.39 is 6.10 Å². The van der Waals surface area contributed by atoms with E-state index in [4.69, 9.17) is 10.8 Å². The molecule has 20 heavy (non-hydrogen) atoms. The van der Waals surface area contributed by atoms with Gasteiger partial charge >= 0.3 is 0 Å². The lowest BCUT2D eigenvalue weighted by molar-refractivity contribution is -0.129. The number of carbonyl (C=O) groups excluding carboxylic acids is 2. The third kappa shape index (κ3) is 5.27. The molecule has 6 nitrogen and oxygen atoms in total. The molecule has 0 fully saturated rings. The Hall–Kier alpha value is -2.08. The molecule has 1 aromatic rings. The zero-order valence-corrected chi connectivity index (χ0v) is 11.8. The standard InChI is InChI=1S/C14H21N3O3/c1-10(18)7-8-17(2)13(19)9-16-14(20)11-3-5-12(15)6-4-11/h3-6,10,18H,7-9,15H2,1-2H3,(H,16,20). The van der Waals surface area contributed by atoms with Crippen LogP contribution in [0.4, 0.5) is 5.69 Å². The van der Waals surface area contributed by atoms with Crippen molar-refractivity contribution < 1.29 is 14.7 Å². The molecule has 4 N–H and O–H groups in total. The van der Waals surface area contributed by atoms with Gasteiger partial charge in [0, 0.05) is 24.8 Å². The molecule has 1 atom stereocenters. The molecule has 0 heterocycles. The first-order valence-electron chi connectivity index (χ1n) is 6.46. The maximum absolute atomic E-state index is 11.8. The van der Waals surface area contributed by atoms with Crippen LogP contribution in [-0.2, 0) is 4.79 Å². The van der Waals surface area contributed by atoms with Crippen molar-refractivity contribution in [3.05, 3.63) is 29.8 Å². The van der Waals surface area contributed by atoms with Crippen LogP contribution in [0.15, 0.2) is 24.3 Å². The van der Waals surface area contributed by atoms with Crippen LogP contribution in [0.25, 0.3) is 0 Å². The first-order valence-corrected chi connectivity index (χ1v) is 6.46. The molecule has 0 radical (unpaired) electrons. The number of amides is 2. The smallest absolute Gasteiger partial charge is 0.251 e. The fourth-order valence-corrected chi connectivity index (χ4v) is 1.53. The highest BCUT2D eigenvalue weighted by molar-refractivity contribution is 5.96. The van der Waals surface area contributed by atoms with Gasteiger partial charge < -0.3 is 21.1 Å². The molecular weight excluding hydrogens is 258 g/mol. The maximum Gasteiger partial charge on any atom is 0.251 e. The lowest BCUT2D eigenvalue weighted by Gasteiger charge is -2.18. The van der Waals surface area contributed by atoms with E-state index in [2.05, 4.69) is 5.32 Å². The highest BCUT2D eigenvalue weighted by atomic mass is 16.3. The molecule has 0 aliphatic carbocycles. The molecule has 0 aromatic heterocycles. The Labute approximate surface area is 118 Å². The Kier molecular flexibility index (Phi) is 5.99.